The maximum absolute atomic E-state index is 12.9. The number of allylic oxidation sites excluding steroid dienone is 8. The van der Waals surface area contributed by atoms with Crippen molar-refractivity contribution in [2.45, 2.75) is 116 Å². The zero-order chi connectivity index (χ0) is 47.0. The maximum Gasteiger partial charge on any atom is 0.333 e. The number of imide groups is 1. The standard InChI is InChI=1S/C57H60N4O6/c1-7-59-45-31-23-37-15-9-11-19-43(37)53(45)56(3,4)47(59)33-25-39-17-13-18-40(26-34-48-57(5,6)54-44-20-12-10-16-38(44)24-32-46(54)60(48)8-2)55(39)66-42-29-27-41(28-30-42)58-49(62)21-14-22-52(65)67-61-50(63)35-36-51(61)64/h9-12,15-16,19-20,23-29,31-34,42H,7-8,13-14,17-18,21-22,30,35-36H2,1-6H3/p+1. The third kappa shape index (κ3) is 8.58. The van der Waals surface area contributed by atoms with E-state index in [4.69, 9.17) is 9.57 Å². The molecule has 0 radical (unpaired) electrons. The summed E-state index contributed by atoms with van der Waals surface area (Å²) in [6.45, 7) is 15.5. The number of carbonyl (C=O) groups excluding carboxylic acids is 4. The van der Waals surface area contributed by atoms with Crippen molar-refractivity contribution in [1.29, 1.82) is 0 Å². The summed E-state index contributed by atoms with van der Waals surface area (Å²) in [5, 5.41) is 8.57. The fourth-order valence-corrected chi connectivity index (χ4v) is 10.8. The number of carbonyl (C=O) groups is 4. The molecule has 5 aliphatic rings. The molecule has 9 rings (SSSR count). The molecule has 1 atom stereocenters. The highest BCUT2D eigenvalue weighted by molar-refractivity contribution is 6.08. The Morgan fingerprint density at radius 3 is 2.19 bits per heavy atom. The van der Waals surface area contributed by atoms with E-state index in [1.165, 1.54) is 55.5 Å². The summed E-state index contributed by atoms with van der Waals surface area (Å²) in [6, 6.07) is 26.4. The van der Waals surface area contributed by atoms with Crippen LogP contribution >= 0.6 is 0 Å². The van der Waals surface area contributed by atoms with Gasteiger partial charge in [-0.25, -0.2) is 4.79 Å². The molecule has 4 aromatic carbocycles. The van der Waals surface area contributed by atoms with Crippen molar-refractivity contribution in [3.63, 3.8) is 0 Å². The molecular formula is C57H61N4O6+. The monoisotopic (exact) mass is 897 g/mol. The fraction of sp³-hybridized carbons (Fsp3) is 0.351. The van der Waals surface area contributed by atoms with Gasteiger partial charge in [0.1, 0.15) is 18.4 Å². The first-order valence-corrected chi connectivity index (χ1v) is 24.0. The summed E-state index contributed by atoms with van der Waals surface area (Å²) in [7, 11) is 0. The van der Waals surface area contributed by atoms with Crippen molar-refractivity contribution < 1.29 is 33.3 Å². The molecule has 344 valence electrons. The second-order valence-corrected chi connectivity index (χ2v) is 19.1. The normalized spacial score (nSPS) is 21.0. The van der Waals surface area contributed by atoms with Crippen molar-refractivity contribution in [2.75, 3.05) is 18.0 Å². The Hall–Kier alpha value is -6.81. The molecule has 1 saturated heterocycles. The minimum Gasteiger partial charge on any atom is -0.485 e. The number of nitrogens with one attached hydrogen (secondary N) is 1. The molecular weight excluding hydrogens is 837 g/mol. The zero-order valence-electron chi connectivity index (χ0n) is 39.6. The molecule has 0 bridgehead atoms. The quantitative estimate of drug-likeness (QED) is 0.105. The van der Waals surface area contributed by atoms with Gasteiger partial charge >= 0.3 is 5.97 Å². The van der Waals surface area contributed by atoms with E-state index in [9.17, 15) is 19.2 Å². The predicted molar refractivity (Wildman–Crippen MR) is 265 cm³/mol. The van der Waals surface area contributed by atoms with Crippen LogP contribution in [0, 0.1) is 0 Å². The molecule has 0 saturated carbocycles. The first-order chi connectivity index (χ1) is 32.3. The van der Waals surface area contributed by atoms with Crippen LogP contribution in [0.1, 0.15) is 110 Å². The van der Waals surface area contributed by atoms with Crippen LogP contribution in [0.25, 0.3) is 21.5 Å². The fourth-order valence-electron chi connectivity index (χ4n) is 10.8. The highest BCUT2D eigenvalue weighted by Crippen LogP contribution is 2.51. The molecule has 1 fully saturated rings. The number of nitrogens with zero attached hydrogens (tertiary/aromatic N) is 3. The molecule has 3 amide bonds. The lowest BCUT2D eigenvalue weighted by Gasteiger charge is -2.28. The van der Waals surface area contributed by atoms with E-state index in [2.05, 4.69) is 153 Å². The number of likely N-dealkylation sites (N-methyl/N-ethyl adjacent to an activating group) is 1. The summed E-state index contributed by atoms with van der Waals surface area (Å²) in [5.74, 6) is -1.11. The zero-order valence-corrected chi connectivity index (χ0v) is 39.6. The van der Waals surface area contributed by atoms with E-state index in [0.717, 1.165) is 49.3 Å². The molecule has 10 heteroatoms. The van der Waals surface area contributed by atoms with E-state index in [0.29, 0.717) is 17.2 Å². The lowest BCUT2D eigenvalue weighted by atomic mass is 9.78. The van der Waals surface area contributed by atoms with Gasteiger partial charge in [0.15, 0.2) is 5.71 Å². The first kappa shape index (κ1) is 45.4. The van der Waals surface area contributed by atoms with Crippen molar-refractivity contribution in [3.8, 4) is 0 Å². The first-order valence-electron chi connectivity index (χ1n) is 24.0. The van der Waals surface area contributed by atoms with Gasteiger partial charge in [-0.15, -0.1) is 5.06 Å². The molecule has 0 aromatic heterocycles. The van der Waals surface area contributed by atoms with Gasteiger partial charge in [0.2, 0.25) is 11.6 Å². The van der Waals surface area contributed by atoms with Crippen LogP contribution in [0.15, 0.2) is 144 Å². The summed E-state index contributed by atoms with van der Waals surface area (Å²) in [4.78, 5) is 56.2. The van der Waals surface area contributed by atoms with Gasteiger partial charge in [-0.3, -0.25) is 14.4 Å². The predicted octanol–water partition coefficient (Wildman–Crippen LogP) is 11.1. The average molecular weight is 898 g/mol. The van der Waals surface area contributed by atoms with Gasteiger partial charge in [0, 0.05) is 78.9 Å². The highest BCUT2D eigenvalue weighted by atomic mass is 16.7. The van der Waals surface area contributed by atoms with E-state index in [1.807, 2.05) is 18.2 Å². The summed E-state index contributed by atoms with van der Waals surface area (Å²) in [6.07, 6.45) is 18.4. The van der Waals surface area contributed by atoms with Gasteiger partial charge in [0.05, 0.1) is 5.41 Å². The van der Waals surface area contributed by atoms with Crippen LogP contribution in [-0.4, -0.2) is 58.2 Å². The topological polar surface area (TPSA) is 108 Å². The van der Waals surface area contributed by atoms with Crippen molar-refractivity contribution >= 4 is 62.3 Å². The Labute approximate surface area is 393 Å². The molecule has 1 N–H and O–H groups in total. The Bertz CT molecular complexity index is 2930. The number of hydrogen-bond acceptors (Lipinski definition) is 7. The van der Waals surface area contributed by atoms with Crippen molar-refractivity contribution in [3.05, 3.63) is 155 Å². The van der Waals surface area contributed by atoms with Crippen molar-refractivity contribution in [2.24, 2.45) is 0 Å². The highest BCUT2D eigenvalue weighted by Gasteiger charge is 2.45. The minimum absolute atomic E-state index is 0.0303. The third-order valence-corrected chi connectivity index (χ3v) is 14.1. The molecule has 3 heterocycles. The smallest absolute Gasteiger partial charge is 0.333 e. The van der Waals surface area contributed by atoms with E-state index >= 15 is 0 Å². The number of hydroxylamine groups is 2. The second-order valence-electron chi connectivity index (χ2n) is 19.1. The van der Waals surface area contributed by atoms with Crippen LogP contribution in [0.2, 0.25) is 0 Å². The third-order valence-electron chi connectivity index (χ3n) is 14.1. The number of benzene rings is 4. The largest absolute Gasteiger partial charge is 0.485 e. The number of amides is 3. The Morgan fingerprint density at radius 1 is 0.806 bits per heavy atom. The molecule has 67 heavy (non-hydrogen) atoms. The summed E-state index contributed by atoms with van der Waals surface area (Å²) >= 11 is 0. The van der Waals surface area contributed by atoms with Crippen LogP contribution in [0.3, 0.4) is 0 Å². The number of fused-ring (bicyclic) bond motifs is 6. The number of hydrogen-bond donors (Lipinski definition) is 1. The number of anilines is 1. The van der Waals surface area contributed by atoms with Gasteiger partial charge < -0.3 is 19.8 Å². The van der Waals surface area contributed by atoms with E-state index in [-0.39, 0.29) is 54.9 Å². The van der Waals surface area contributed by atoms with Gasteiger partial charge in [-0.2, -0.15) is 4.58 Å². The number of rotatable bonds is 13. The Morgan fingerprint density at radius 2 is 1.51 bits per heavy atom. The van der Waals surface area contributed by atoms with E-state index in [1.54, 1.807) is 0 Å². The second kappa shape index (κ2) is 18.5. The minimum atomic E-state index is -0.718. The maximum atomic E-state index is 12.9. The lowest BCUT2D eigenvalue weighted by Crippen LogP contribution is -2.32. The van der Waals surface area contributed by atoms with Gasteiger partial charge in [-0.1, -0.05) is 80.6 Å². The molecule has 0 spiro atoms. The molecule has 2 aliphatic carbocycles. The van der Waals surface area contributed by atoms with Crippen LogP contribution in [0.5, 0.6) is 0 Å². The SMILES string of the molecule is CCN1C(=CC=C2CCCC(C=CC3=[N+](CC)c4ccc5ccccc5c4C3(C)C)=C2OC2C=CC(NC(=O)CCCC(=O)ON3C(=O)CCC3=O)=CC2)C(C)(C)c2c1ccc1ccccc21. The molecule has 10 nitrogen and oxygen atoms in total. The molecule has 4 aromatic rings. The average Bonchev–Trinajstić information content (AvgIpc) is 3.85. The molecule has 1 unspecified atom stereocenters. The van der Waals surface area contributed by atoms with Gasteiger partial charge in [0.25, 0.3) is 11.8 Å². The Balaban J connectivity index is 0.986. The van der Waals surface area contributed by atoms with Crippen LogP contribution in [-0.2, 0) is 39.6 Å². The Kier molecular flexibility index (Phi) is 12.5. The summed E-state index contributed by atoms with van der Waals surface area (Å²) in [5.41, 5.74) is 10.3. The lowest BCUT2D eigenvalue weighted by molar-refractivity contribution is -0.433. The summed E-state index contributed by atoms with van der Waals surface area (Å²) < 4.78 is 9.56. The van der Waals surface area contributed by atoms with Crippen LogP contribution < -0.4 is 10.2 Å². The molecule has 3 aliphatic heterocycles. The van der Waals surface area contributed by atoms with E-state index < -0.39 is 17.8 Å². The van der Waals surface area contributed by atoms with Crippen LogP contribution in [0.4, 0.5) is 11.4 Å². The van der Waals surface area contributed by atoms with Crippen molar-refractivity contribution in [1.82, 2.24) is 10.4 Å². The van der Waals surface area contributed by atoms with Gasteiger partial charge in [-0.05, 0) is 128 Å². The number of ether oxygens (including phenoxy) is 1.